The molecule has 174 valence electrons. The molecule has 0 bridgehead atoms. The molecule has 1 N–H and O–H groups in total. The molecule has 0 spiro atoms. The van der Waals surface area contributed by atoms with E-state index in [2.05, 4.69) is 9.80 Å². The predicted molar refractivity (Wildman–Crippen MR) is 120 cm³/mol. The number of rotatable bonds is 7. The van der Waals surface area contributed by atoms with E-state index in [1.807, 2.05) is 19.1 Å². The largest absolute Gasteiger partial charge is 0.495 e. The van der Waals surface area contributed by atoms with Gasteiger partial charge in [-0.15, -0.1) is 0 Å². The highest BCUT2D eigenvalue weighted by Gasteiger charge is 2.27. The van der Waals surface area contributed by atoms with Gasteiger partial charge in [-0.05, 0) is 48.2 Å². The zero-order chi connectivity index (χ0) is 23.5. The summed E-state index contributed by atoms with van der Waals surface area (Å²) in [6.45, 7) is 6.69. The van der Waals surface area contributed by atoms with E-state index in [0.717, 1.165) is 42.9 Å². The van der Waals surface area contributed by atoms with Gasteiger partial charge in [-0.25, -0.2) is 9.18 Å². The Morgan fingerprint density at radius 1 is 1.24 bits per heavy atom. The van der Waals surface area contributed by atoms with Gasteiger partial charge in [-0.3, -0.25) is 4.90 Å². The lowest BCUT2D eigenvalue weighted by atomic mass is 9.95. The molecule has 0 saturated carbocycles. The number of hydrogen-bond donors (Lipinski definition) is 1. The second-order valence-corrected chi connectivity index (χ2v) is 8.55. The van der Waals surface area contributed by atoms with Gasteiger partial charge in [0.15, 0.2) is 0 Å². The van der Waals surface area contributed by atoms with E-state index in [1.54, 1.807) is 12.1 Å². The molecule has 1 fully saturated rings. The number of cyclic esters (lactones) is 1. The summed E-state index contributed by atoms with van der Waals surface area (Å²) in [6, 6.07) is 8.35. The highest BCUT2D eigenvalue weighted by atomic mass is 19.1. The van der Waals surface area contributed by atoms with Crippen LogP contribution >= 0.6 is 0 Å². The maximum absolute atomic E-state index is 14.3. The van der Waals surface area contributed by atoms with E-state index >= 15 is 0 Å². The highest BCUT2D eigenvalue weighted by molar-refractivity contribution is 5.93. The number of carbonyl (C=O) groups excluding carboxylic acids is 1. The lowest BCUT2D eigenvalue weighted by molar-refractivity contribution is 0.0535. The molecule has 33 heavy (non-hydrogen) atoms. The smallest absolute Gasteiger partial charge is 0.338 e. The molecular weight excluding hydrogens is 425 g/mol. The van der Waals surface area contributed by atoms with Crippen LogP contribution in [0.1, 0.15) is 44.3 Å². The molecule has 2 aliphatic heterocycles. The SMILES string of the molecule is COc1cc(CCN2CCN(CC(O)c3ccc4c(c3C)COC4=O)CC2)c(F)cc1C#N. The number of piperazine rings is 1. The summed E-state index contributed by atoms with van der Waals surface area (Å²) in [5.41, 5.74) is 3.95. The van der Waals surface area contributed by atoms with E-state index in [0.29, 0.717) is 36.4 Å². The molecule has 0 radical (unpaired) electrons. The third-order valence-electron chi connectivity index (χ3n) is 6.65. The maximum atomic E-state index is 14.3. The minimum Gasteiger partial charge on any atom is -0.495 e. The molecule has 0 amide bonds. The van der Waals surface area contributed by atoms with Crippen molar-refractivity contribution in [3.8, 4) is 11.8 Å². The van der Waals surface area contributed by atoms with Crippen molar-refractivity contribution in [1.82, 2.24) is 9.80 Å². The first kappa shape index (κ1) is 23.2. The fourth-order valence-corrected chi connectivity index (χ4v) is 4.59. The molecule has 1 saturated heterocycles. The first-order valence-electron chi connectivity index (χ1n) is 11.1. The van der Waals surface area contributed by atoms with Gasteiger partial charge in [0.2, 0.25) is 0 Å². The lowest BCUT2D eigenvalue weighted by Gasteiger charge is -2.36. The molecule has 0 aromatic heterocycles. The van der Waals surface area contributed by atoms with Gasteiger partial charge in [-0.2, -0.15) is 5.26 Å². The van der Waals surface area contributed by atoms with Crippen LogP contribution in [0.15, 0.2) is 24.3 Å². The number of carbonyl (C=O) groups is 1. The Kier molecular flexibility index (Phi) is 6.94. The van der Waals surface area contributed by atoms with Gasteiger partial charge < -0.3 is 19.5 Å². The summed E-state index contributed by atoms with van der Waals surface area (Å²) >= 11 is 0. The number of β-amino-alcohol motifs (C(OH)–C–C–N with tert-alkyl or cyclic N) is 1. The standard InChI is InChI=1S/C25H28FN3O4/c1-16-19(3-4-20-21(16)15-33-25(20)31)23(30)14-29-9-7-28(8-10-29)6-5-17-12-24(32-2)18(13-27)11-22(17)26/h3-4,11-12,23,30H,5-10,14-15H2,1-2H3. The van der Waals surface area contributed by atoms with Crippen LogP contribution in [0.3, 0.4) is 0 Å². The molecule has 0 aliphatic carbocycles. The van der Waals surface area contributed by atoms with Gasteiger partial charge in [0.1, 0.15) is 24.2 Å². The maximum Gasteiger partial charge on any atom is 0.338 e. The fraction of sp³-hybridized carbons (Fsp3) is 0.440. The second kappa shape index (κ2) is 9.87. The first-order valence-corrected chi connectivity index (χ1v) is 11.1. The van der Waals surface area contributed by atoms with Crippen LogP contribution in [0.25, 0.3) is 0 Å². The number of esters is 1. The number of fused-ring (bicyclic) bond motifs is 1. The Hall–Kier alpha value is -2.99. The average Bonchev–Trinajstić information content (AvgIpc) is 3.20. The summed E-state index contributed by atoms with van der Waals surface area (Å²) in [6.07, 6.45) is -0.108. The number of aliphatic hydroxyl groups excluding tert-OH is 1. The molecular formula is C25H28FN3O4. The molecule has 2 aromatic rings. The zero-order valence-corrected chi connectivity index (χ0v) is 18.9. The topological polar surface area (TPSA) is 86.0 Å². The zero-order valence-electron chi connectivity index (χ0n) is 18.9. The summed E-state index contributed by atoms with van der Waals surface area (Å²) in [7, 11) is 1.48. The lowest BCUT2D eigenvalue weighted by Crippen LogP contribution is -2.48. The quantitative estimate of drug-likeness (QED) is 0.645. The number of nitriles is 1. The molecule has 2 heterocycles. The second-order valence-electron chi connectivity index (χ2n) is 8.55. The van der Waals surface area contributed by atoms with Crippen LogP contribution in [0, 0.1) is 24.1 Å². The van der Waals surface area contributed by atoms with Gasteiger partial charge in [0, 0.05) is 44.8 Å². The number of halogens is 1. The third kappa shape index (κ3) is 4.86. The van der Waals surface area contributed by atoms with Crippen molar-refractivity contribution in [2.45, 2.75) is 26.1 Å². The summed E-state index contributed by atoms with van der Waals surface area (Å²) < 4.78 is 24.6. The van der Waals surface area contributed by atoms with E-state index in [9.17, 15) is 14.3 Å². The minimum absolute atomic E-state index is 0.198. The first-order chi connectivity index (χ1) is 15.9. The van der Waals surface area contributed by atoms with E-state index in [-0.39, 0.29) is 24.0 Å². The van der Waals surface area contributed by atoms with Crippen molar-refractivity contribution in [1.29, 1.82) is 5.26 Å². The molecule has 1 atom stereocenters. The number of benzene rings is 2. The molecule has 2 aliphatic rings. The van der Waals surface area contributed by atoms with Gasteiger partial charge in [0.25, 0.3) is 0 Å². The Morgan fingerprint density at radius 3 is 2.67 bits per heavy atom. The summed E-state index contributed by atoms with van der Waals surface area (Å²) in [5, 5.41) is 19.9. The van der Waals surface area contributed by atoms with Crippen LogP contribution in [0.5, 0.6) is 5.75 Å². The van der Waals surface area contributed by atoms with Crippen molar-refractivity contribution < 1.29 is 23.8 Å². The van der Waals surface area contributed by atoms with Crippen LogP contribution < -0.4 is 4.74 Å². The molecule has 2 aromatic carbocycles. The Labute approximate surface area is 192 Å². The monoisotopic (exact) mass is 453 g/mol. The predicted octanol–water partition coefficient (Wildman–Crippen LogP) is 2.58. The summed E-state index contributed by atoms with van der Waals surface area (Å²) in [4.78, 5) is 16.2. The Balaban J connectivity index is 1.29. The Morgan fingerprint density at radius 2 is 1.97 bits per heavy atom. The summed E-state index contributed by atoms with van der Waals surface area (Å²) in [5.74, 6) is -0.291. The van der Waals surface area contributed by atoms with Crippen LogP contribution in [0.2, 0.25) is 0 Å². The number of methoxy groups -OCH3 is 1. The Bertz CT molecular complexity index is 1090. The minimum atomic E-state index is -0.641. The van der Waals surface area contributed by atoms with Crippen LogP contribution in [-0.4, -0.2) is 67.3 Å². The van der Waals surface area contributed by atoms with Gasteiger partial charge in [0.05, 0.1) is 24.3 Å². The van der Waals surface area contributed by atoms with Crippen LogP contribution in [0.4, 0.5) is 4.39 Å². The van der Waals surface area contributed by atoms with E-state index in [4.69, 9.17) is 14.7 Å². The fourth-order valence-electron chi connectivity index (χ4n) is 4.59. The van der Waals surface area contributed by atoms with Crippen molar-refractivity contribution in [2.24, 2.45) is 0 Å². The number of nitrogens with zero attached hydrogens (tertiary/aromatic N) is 3. The van der Waals surface area contributed by atoms with Crippen molar-refractivity contribution in [3.63, 3.8) is 0 Å². The number of aliphatic hydroxyl groups is 1. The molecule has 8 heteroatoms. The van der Waals surface area contributed by atoms with Crippen molar-refractivity contribution in [2.75, 3.05) is 46.4 Å². The number of ether oxygens (including phenoxy) is 2. The van der Waals surface area contributed by atoms with Crippen molar-refractivity contribution >= 4 is 5.97 Å². The van der Waals surface area contributed by atoms with Gasteiger partial charge in [-0.1, -0.05) is 6.07 Å². The third-order valence-corrected chi connectivity index (χ3v) is 6.65. The molecule has 4 rings (SSSR count). The number of hydrogen-bond acceptors (Lipinski definition) is 7. The molecule has 1 unspecified atom stereocenters. The normalized spacial score (nSPS) is 17.4. The average molecular weight is 454 g/mol. The van der Waals surface area contributed by atoms with Crippen LogP contribution in [-0.2, 0) is 17.8 Å². The van der Waals surface area contributed by atoms with Crippen molar-refractivity contribution in [3.05, 3.63) is 63.5 Å². The highest BCUT2D eigenvalue weighted by Crippen LogP contribution is 2.29. The van der Waals surface area contributed by atoms with Gasteiger partial charge >= 0.3 is 5.97 Å². The van der Waals surface area contributed by atoms with E-state index < -0.39 is 6.10 Å². The molecule has 7 nitrogen and oxygen atoms in total. The van der Waals surface area contributed by atoms with E-state index in [1.165, 1.54) is 13.2 Å².